The summed E-state index contributed by atoms with van der Waals surface area (Å²) in [6.45, 7) is 0. The van der Waals surface area contributed by atoms with Crippen LogP contribution in [0.25, 0.3) is 0 Å². The molecule has 2 rings (SSSR count). The van der Waals surface area contributed by atoms with Gasteiger partial charge >= 0.3 is 0 Å². The molecule has 0 bridgehead atoms. The van der Waals surface area contributed by atoms with E-state index in [0.717, 1.165) is 5.75 Å². The number of hydrogen-bond acceptors (Lipinski definition) is 1. The fourth-order valence-electron chi connectivity index (χ4n) is 1.01. The van der Waals surface area contributed by atoms with Crippen molar-refractivity contribution < 1.29 is 4.74 Å². The van der Waals surface area contributed by atoms with E-state index >= 15 is 0 Å². The molecule has 13 heavy (non-hydrogen) atoms. The van der Waals surface area contributed by atoms with Crippen LogP contribution in [0.5, 0.6) is 11.5 Å². The zero-order valence-corrected chi connectivity index (χ0v) is 7.03. The van der Waals surface area contributed by atoms with Gasteiger partial charge in [-0.3, -0.25) is 0 Å². The van der Waals surface area contributed by atoms with Crippen LogP contribution in [0.2, 0.25) is 0 Å². The lowest BCUT2D eigenvalue weighted by Gasteiger charge is -2.03. The van der Waals surface area contributed by atoms with Gasteiger partial charge in [-0.25, -0.2) is 0 Å². The van der Waals surface area contributed by atoms with Gasteiger partial charge in [0.25, 0.3) is 0 Å². The summed E-state index contributed by atoms with van der Waals surface area (Å²) in [6, 6.07) is 20.8. The Hall–Kier alpha value is -1.76. The van der Waals surface area contributed by atoms with Crippen molar-refractivity contribution in [2.24, 2.45) is 0 Å². The van der Waals surface area contributed by atoms with Gasteiger partial charge in [0.15, 0.2) is 0 Å². The van der Waals surface area contributed by atoms with Crippen molar-refractivity contribution in [3.05, 3.63) is 60.7 Å². The van der Waals surface area contributed by atoms with E-state index in [9.17, 15) is 0 Å². The van der Waals surface area contributed by atoms with Crippen LogP contribution in [0.3, 0.4) is 0 Å². The topological polar surface area (TPSA) is 9.23 Å². The Morgan fingerprint density at radius 3 is 2.46 bits per heavy atom. The van der Waals surface area contributed by atoms with E-state index in [1.54, 1.807) is 6.07 Å². The molecule has 0 fully saturated rings. The summed E-state index contributed by atoms with van der Waals surface area (Å²) >= 11 is 0. The van der Waals surface area contributed by atoms with Crippen molar-refractivity contribution in [1.29, 1.82) is 0 Å². The van der Waals surface area contributed by atoms with Gasteiger partial charge in [-0.15, -0.1) is 0 Å². The van der Waals surface area contributed by atoms with Gasteiger partial charge in [-0.1, -0.05) is 30.3 Å². The molecule has 2 aromatic rings. The molecule has 0 saturated heterocycles. The van der Waals surface area contributed by atoms with E-state index in [-0.39, 0.29) is 0 Å². The number of para-hydroxylation sites is 1. The molecule has 0 N–H and O–H groups in total. The average molecular weight is 168 g/mol. The lowest BCUT2D eigenvalue weighted by atomic mass is 10.3. The predicted octanol–water partition coefficient (Wildman–Crippen LogP) is 3.08. The maximum atomic E-state index is 5.49. The van der Waals surface area contributed by atoms with E-state index < -0.39 is 0 Å². The van der Waals surface area contributed by atoms with Crippen LogP contribution in [0, 0.1) is 12.1 Å². The van der Waals surface area contributed by atoms with Crippen molar-refractivity contribution >= 4 is 0 Å². The summed E-state index contributed by atoms with van der Waals surface area (Å²) in [5, 5.41) is 0. The van der Waals surface area contributed by atoms with Crippen molar-refractivity contribution in [2.45, 2.75) is 0 Å². The normalized spacial score (nSPS) is 9.54. The Kier molecular flexibility index (Phi) is 2.28. The second-order valence-electron chi connectivity index (χ2n) is 2.57. The molecule has 62 valence electrons. The summed E-state index contributed by atoms with van der Waals surface area (Å²) < 4.78 is 5.49. The first-order valence-corrected chi connectivity index (χ1v) is 4.06. The minimum Gasteiger partial charge on any atom is -0.457 e. The van der Waals surface area contributed by atoms with Crippen LogP contribution in [0.1, 0.15) is 0 Å². The summed E-state index contributed by atoms with van der Waals surface area (Å²) in [5.41, 5.74) is 0. The Balaban J connectivity index is 2.16. The molecule has 1 nitrogen and oxygen atoms in total. The molecule has 0 heterocycles. The van der Waals surface area contributed by atoms with Crippen molar-refractivity contribution in [1.82, 2.24) is 0 Å². The highest BCUT2D eigenvalue weighted by atomic mass is 16.5. The largest absolute Gasteiger partial charge is 0.457 e. The molecule has 2 radical (unpaired) electrons. The molecule has 0 saturated carbocycles. The molecular weight excluding hydrogens is 160 g/mol. The van der Waals surface area contributed by atoms with Gasteiger partial charge in [0.05, 0.1) is 0 Å². The highest BCUT2D eigenvalue weighted by Crippen LogP contribution is 2.18. The van der Waals surface area contributed by atoms with Crippen LogP contribution in [0.4, 0.5) is 0 Å². The number of ether oxygens (including phenoxy) is 1. The zero-order chi connectivity index (χ0) is 8.93. The fraction of sp³-hybridized carbons (Fsp3) is 0. The molecule has 0 aliphatic heterocycles. The van der Waals surface area contributed by atoms with E-state index in [0.29, 0.717) is 5.75 Å². The van der Waals surface area contributed by atoms with Crippen LogP contribution in [-0.4, -0.2) is 0 Å². The maximum Gasteiger partial charge on any atom is 0.136 e. The maximum absolute atomic E-state index is 5.49. The Bertz CT molecular complexity index is 316. The van der Waals surface area contributed by atoms with E-state index in [2.05, 4.69) is 12.1 Å². The van der Waals surface area contributed by atoms with Gasteiger partial charge in [0, 0.05) is 6.07 Å². The summed E-state index contributed by atoms with van der Waals surface area (Å²) in [5.74, 6) is 1.51. The second-order valence-corrected chi connectivity index (χ2v) is 2.57. The molecular formula is C12H8O. The van der Waals surface area contributed by atoms with Gasteiger partial charge < -0.3 is 4.74 Å². The van der Waals surface area contributed by atoms with Gasteiger partial charge in [-0.05, 0) is 24.3 Å². The molecule has 1 heteroatoms. The fourth-order valence-corrected chi connectivity index (χ4v) is 1.01. The molecule has 0 aliphatic rings. The minimum atomic E-state index is 0.689. The minimum absolute atomic E-state index is 0.689. The van der Waals surface area contributed by atoms with Gasteiger partial charge in [0.1, 0.15) is 11.5 Å². The van der Waals surface area contributed by atoms with Crippen LogP contribution in [-0.2, 0) is 0 Å². The SMILES string of the molecule is [c]1[c]c(Oc2ccccc2)ccc1. The average Bonchev–Trinajstić information content (AvgIpc) is 2.21. The Morgan fingerprint density at radius 2 is 1.77 bits per heavy atom. The third-order valence-electron chi connectivity index (χ3n) is 1.59. The number of benzene rings is 2. The van der Waals surface area contributed by atoms with Crippen molar-refractivity contribution in [3.8, 4) is 11.5 Å². The molecule has 0 unspecified atom stereocenters. The smallest absolute Gasteiger partial charge is 0.136 e. The van der Waals surface area contributed by atoms with Crippen LogP contribution in [0.15, 0.2) is 48.5 Å². The summed E-state index contributed by atoms with van der Waals surface area (Å²) in [4.78, 5) is 0. The highest BCUT2D eigenvalue weighted by Gasteiger charge is 1.93. The molecule has 0 aliphatic carbocycles. The number of rotatable bonds is 2. The highest BCUT2D eigenvalue weighted by molar-refractivity contribution is 5.29. The number of hydrogen-bond donors (Lipinski definition) is 0. The third-order valence-corrected chi connectivity index (χ3v) is 1.59. The summed E-state index contributed by atoms with van der Waals surface area (Å²) in [6.07, 6.45) is 0. The Labute approximate surface area is 77.6 Å². The standard InChI is InChI=1S/C12H8O/c1-3-7-11(8-4-1)13-12-9-5-2-6-10-12/h1-5,7-9H. The third kappa shape index (κ3) is 2.09. The van der Waals surface area contributed by atoms with Crippen molar-refractivity contribution in [2.75, 3.05) is 0 Å². The first-order valence-electron chi connectivity index (χ1n) is 4.06. The lowest BCUT2D eigenvalue weighted by molar-refractivity contribution is 0.481. The lowest BCUT2D eigenvalue weighted by Crippen LogP contribution is -1.82. The Morgan fingerprint density at radius 1 is 0.923 bits per heavy atom. The van der Waals surface area contributed by atoms with E-state index in [1.807, 2.05) is 42.5 Å². The van der Waals surface area contributed by atoms with Crippen molar-refractivity contribution in [3.63, 3.8) is 0 Å². The molecule has 2 aromatic carbocycles. The quantitative estimate of drug-likeness (QED) is 0.669. The van der Waals surface area contributed by atoms with Crippen LogP contribution < -0.4 is 4.74 Å². The zero-order valence-electron chi connectivity index (χ0n) is 7.03. The molecule has 0 spiro atoms. The van der Waals surface area contributed by atoms with Gasteiger partial charge in [0.2, 0.25) is 0 Å². The first-order chi connectivity index (χ1) is 6.45. The van der Waals surface area contributed by atoms with Crippen LogP contribution >= 0.6 is 0 Å². The summed E-state index contributed by atoms with van der Waals surface area (Å²) in [7, 11) is 0. The van der Waals surface area contributed by atoms with E-state index in [1.165, 1.54) is 0 Å². The van der Waals surface area contributed by atoms with Gasteiger partial charge in [-0.2, -0.15) is 0 Å². The first kappa shape index (κ1) is 7.87. The molecule has 0 amide bonds. The molecule has 0 atom stereocenters. The second kappa shape index (κ2) is 3.76. The predicted molar refractivity (Wildman–Crippen MR) is 50.6 cm³/mol. The monoisotopic (exact) mass is 168 g/mol. The van der Waals surface area contributed by atoms with E-state index in [4.69, 9.17) is 4.74 Å². The molecule has 0 aromatic heterocycles.